The molecule has 0 aliphatic carbocycles. The van der Waals surface area contributed by atoms with Crippen molar-refractivity contribution in [2.75, 3.05) is 0 Å². The van der Waals surface area contributed by atoms with Crippen LogP contribution in [-0.2, 0) is 0 Å². The number of nitrogens with one attached hydrogen (secondary N) is 1. The molecule has 0 aliphatic rings. The standard InChI is InChI=1S/C19H14N4S/c1-2-12(8-20)17-5-6-18-19(23-17)15(10-24-18)13-3-4-16-14(7-13)9-21-11-22-16/h2-11,20H,1H3/b12-2+,20-8?. The third kappa shape index (κ3) is 2.39. The normalized spacial score (nSPS) is 12.0. The molecule has 1 N–H and O–H groups in total. The second-order valence-electron chi connectivity index (χ2n) is 5.38. The van der Waals surface area contributed by atoms with Gasteiger partial charge in [-0.1, -0.05) is 12.1 Å². The van der Waals surface area contributed by atoms with Gasteiger partial charge in [0.1, 0.15) is 6.33 Å². The van der Waals surface area contributed by atoms with Crippen LogP contribution in [0.3, 0.4) is 0 Å². The number of pyridine rings is 1. The summed E-state index contributed by atoms with van der Waals surface area (Å²) in [4.78, 5) is 13.2. The smallest absolute Gasteiger partial charge is 0.116 e. The van der Waals surface area contributed by atoms with E-state index in [0.29, 0.717) is 0 Å². The number of rotatable bonds is 3. The Morgan fingerprint density at radius 2 is 2.12 bits per heavy atom. The molecule has 0 unspecified atom stereocenters. The van der Waals surface area contributed by atoms with Gasteiger partial charge < -0.3 is 5.41 Å². The summed E-state index contributed by atoms with van der Waals surface area (Å²) in [6, 6.07) is 10.2. The van der Waals surface area contributed by atoms with Crippen LogP contribution in [-0.4, -0.2) is 21.2 Å². The molecule has 4 rings (SSSR count). The number of nitrogens with zero attached hydrogens (tertiary/aromatic N) is 3. The highest BCUT2D eigenvalue weighted by Gasteiger charge is 2.11. The van der Waals surface area contributed by atoms with Gasteiger partial charge in [0.2, 0.25) is 0 Å². The molecule has 3 heterocycles. The van der Waals surface area contributed by atoms with E-state index in [9.17, 15) is 0 Å². The van der Waals surface area contributed by atoms with Gasteiger partial charge in [0.15, 0.2) is 0 Å². The maximum absolute atomic E-state index is 7.53. The van der Waals surface area contributed by atoms with Crippen LogP contribution in [0.2, 0.25) is 0 Å². The second-order valence-corrected chi connectivity index (χ2v) is 6.29. The molecule has 0 saturated heterocycles. The number of fused-ring (bicyclic) bond motifs is 2. The lowest BCUT2D eigenvalue weighted by Gasteiger charge is -2.04. The molecule has 4 aromatic rings. The van der Waals surface area contributed by atoms with Crippen molar-refractivity contribution in [3.05, 3.63) is 60.0 Å². The molecule has 24 heavy (non-hydrogen) atoms. The maximum atomic E-state index is 7.53. The summed E-state index contributed by atoms with van der Waals surface area (Å²) in [5.74, 6) is 0. The Morgan fingerprint density at radius 1 is 1.21 bits per heavy atom. The SMILES string of the molecule is C/C=C(\C=N)c1ccc2scc(-c3ccc4ncncc4c3)c2n1. The summed E-state index contributed by atoms with van der Waals surface area (Å²) >= 11 is 1.68. The number of hydrogen-bond donors (Lipinski definition) is 1. The predicted octanol–water partition coefficient (Wildman–Crippen LogP) is 4.96. The molecule has 0 aliphatic heterocycles. The summed E-state index contributed by atoms with van der Waals surface area (Å²) in [7, 11) is 0. The van der Waals surface area contributed by atoms with Gasteiger partial charge in [-0.15, -0.1) is 11.3 Å². The highest BCUT2D eigenvalue weighted by atomic mass is 32.1. The maximum Gasteiger partial charge on any atom is 0.116 e. The van der Waals surface area contributed by atoms with Gasteiger partial charge in [-0.25, -0.2) is 15.0 Å². The van der Waals surface area contributed by atoms with Gasteiger partial charge in [0, 0.05) is 34.3 Å². The van der Waals surface area contributed by atoms with Crippen molar-refractivity contribution >= 4 is 44.2 Å². The number of thiophene rings is 1. The van der Waals surface area contributed by atoms with Crippen molar-refractivity contribution in [3.63, 3.8) is 0 Å². The topological polar surface area (TPSA) is 62.5 Å². The summed E-state index contributed by atoms with van der Waals surface area (Å²) in [6.45, 7) is 1.92. The zero-order chi connectivity index (χ0) is 16.5. The van der Waals surface area contributed by atoms with Crippen molar-refractivity contribution < 1.29 is 0 Å². The lowest BCUT2D eigenvalue weighted by molar-refractivity contribution is 1.22. The van der Waals surface area contributed by atoms with Crippen LogP contribution in [0.1, 0.15) is 12.6 Å². The average Bonchev–Trinajstić information content (AvgIpc) is 3.06. The largest absolute Gasteiger partial charge is 0.308 e. The molecule has 0 spiro atoms. The van der Waals surface area contributed by atoms with E-state index in [1.54, 1.807) is 17.7 Å². The number of hydrogen-bond acceptors (Lipinski definition) is 5. The lowest BCUT2D eigenvalue weighted by Crippen LogP contribution is -1.90. The molecule has 1 aromatic carbocycles. The van der Waals surface area contributed by atoms with Crippen molar-refractivity contribution in [3.8, 4) is 11.1 Å². The molecule has 0 bridgehead atoms. The van der Waals surface area contributed by atoms with Gasteiger partial charge >= 0.3 is 0 Å². The summed E-state index contributed by atoms with van der Waals surface area (Å²) in [6.07, 6.45) is 6.63. The molecular formula is C19H14N4S. The van der Waals surface area contributed by atoms with Crippen LogP contribution in [0.4, 0.5) is 0 Å². The van der Waals surface area contributed by atoms with Crippen LogP contribution < -0.4 is 0 Å². The van der Waals surface area contributed by atoms with Crippen molar-refractivity contribution in [2.24, 2.45) is 0 Å². The minimum absolute atomic E-state index is 0.820. The van der Waals surface area contributed by atoms with E-state index >= 15 is 0 Å². The number of allylic oxidation sites excluding steroid dienone is 2. The van der Waals surface area contributed by atoms with Crippen LogP contribution >= 0.6 is 11.3 Å². The third-order valence-electron chi connectivity index (χ3n) is 4.00. The third-order valence-corrected chi connectivity index (χ3v) is 4.93. The van der Waals surface area contributed by atoms with Crippen molar-refractivity contribution in [1.82, 2.24) is 15.0 Å². The van der Waals surface area contributed by atoms with E-state index in [1.807, 2.05) is 31.3 Å². The molecule has 0 amide bonds. The average molecular weight is 330 g/mol. The van der Waals surface area contributed by atoms with E-state index in [2.05, 4.69) is 33.5 Å². The zero-order valence-corrected chi connectivity index (χ0v) is 13.8. The number of benzene rings is 1. The highest BCUT2D eigenvalue weighted by molar-refractivity contribution is 7.17. The monoisotopic (exact) mass is 330 g/mol. The Balaban J connectivity index is 1.91. The molecule has 0 saturated carbocycles. The Kier molecular flexibility index (Phi) is 3.63. The molecule has 0 radical (unpaired) electrons. The van der Waals surface area contributed by atoms with Gasteiger partial charge in [-0.3, -0.25) is 0 Å². The fourth-order valence-corrected chi connectivity index (χ4v) is 3.64. The lowest BCUT2D eigenvalue weighted by atomic mass is 10.0. The first kappa shape index (κ1) is 14.7. The van der Waals surface area contributed by atoms with Crippen LogP contribution in [0, 0.1) is 5.41 Å². The van der Waals surface area contributed by atoms with Gasteiger partial charge in [-0.05, 0) is 36.8 Å². The van der Waals surface area contributed by atoms with Crippen LogP contribution in [0.15, 0.2) is 54.3 Å². The Labute approximate surface area is 143 Å². The Morgan fingerprint density at radius 3 is 2.96 bits per heavy atom. The summed E-state index contributed by atoms with van der Waals surface area (Å²) < 4.78 is 1.14. The second kappa shape index (κ2) is 5.94. The fraction of sp³-hybridized carbons (Fsp3) is 0.0526. The Bertz CT molecular complexity index is 1090. The zero-order valence-electron chi connectivity index (χ0n) is 13.0. The van der Waals surface area contributed by atoms with Crippen molar-refractivity contribution in [1.29, 1.82) is 5.41 Å². The highest BCUT2D eigenvalue weighted by Crippen LogP contribution is 2.34. The minimum atomic E-state index is 0.820. The quantitative estimate of drug-likeness (QED) is 0.540. The summed E-state index contributed by atoms with van der Waals surface area (Å²) in [5, 5.41) is 10.7. The van der Waals surface area contributed by atoms with Crippen molar-refractivity contribution in [2.45, 2.75) is 6.92 Å². The summed E-state index contributed by atoms with van der Waals surface area (Å²) in [5.41, 5.74) is 5.75. The molecular weight excluding hydrogens is 316 g/mol. The van der Waals surface area contributed by atoms with Gasteiger partial charge in [0.25, 0.3) is 0 Å². The molecule has 0 fully saturated rings. The van der Waals surface area contributed by atoms with E-state index in [-0.39, 0.29) is 0 Å². The molecule has 3 aromatic heterocycles. The first-order chi connectivity index (χ1) is 11.8. The fourth-order valence-electron chi connectivity index (χ4n) is 2.74. The van der Waals surface area contributed by atoms with E-state index in [0.717, 1.165) is 43.5 Å². The first-order valence-electron chi connectivity index (χ1n) is 7.55. The van der Waals surface area contributed by atoms with E-state index in [4.69, 9.17) is 10.4 Å². The Hall–Kier alpha value is -2.92. The molecule has 4 nitrogen and oxygen atoms in total. The number of aromatic nitrogens is 3. The predicted molar refractivity (Wildman–Crippen MR) is 101 cm³/mol. The van der Waals surface area contributed by atoms with Gasteiger partial charge in [0.05, 0.1) is 21.4 Å². The molecule has 0 atom stereocenters. The van der Waals surface area contributed by atoms with Crippen LogP contribution in [0.5, 0.6) is 0 Å². The van der Waals surface area contributed by atoms with E-state index in [1.165, 1.54) is 6.21 Å². The molecule has 116 valence electrons. The first-order valence-corrected chi connectivity index (χ1v) is 8.43. The van der Waals surface area contributed by atoms with Gasteiger partial charge in [-0.2, -0.15) is 0 Å². The molecule has 5 heteroatoms. The van der Waals surface area contributed by atoms with Crippen LogP contribution in [0.25, 0.3) is 37.8 Å². The van der Waals surface area contributed by atoms with E-state index < -0.39 is 0 Å². The minimum Gasteiger partial charge on any atom is -0.308 e.